The van der Waals surface area contributed by atoms with Crippen molar-refractivity contribution < 1.29 is 4.74 Å². The van der Waals surface area contributed by atoms with Crippen LogP contribution < -0.4 is 5.32 Å². The minimum absolute atomic E-state index is 0.0213. The van der Waals surface area contributed by atoms with Crippen LogP contribution in [0.1, 0.15) is 45.9 Å². The van der Waals surface area contributed by atoms with Crippen LogP contribution >= 0.6 is 0 Å². The first kappa shape index (κ1) is 15.3. The smallest absolute Gasteiger partial charge is 0.115 e. The summed E-state index contributed by atoms with van der Waals surface area (Å²) >= 11 is 0. The summed E-state index contributed by atoms with van der Waals surface area (Å²) < 4.78 is 8.32. The van der Waals surface area contributed by atoms with Gasteiger partial charge in [0.25, 0.3) is 0 Å². The van der Waals surface area contributed by atoms with Gasteiger partial charge in [0.1, 0.15) is 5.82 Å². The molecule has 1 unspecified atom stereocenters. The molecule has 1 fully saturated rings. The Morgan fingerprint density at radius 2 is 2.14 bits per heavy atom. The molecule has 2 aromatic rings. The SMILES string of the molecule is CNc1ccc2c(c1)nc(C(C)(C)C)n2CC1CCCCO1. The van der Waals surface area contributed by atoms with Crippen molar-refractivity contribution in [2.24, 2.45) is 0 Å². The average molecular weight is 301 g/mol. The first-order valence-corrected chi connectivity index (χ1v) is 8.29. The number of ether oxygens (including phenoxy) is 1. The van der Waals surface area contributed by atoms with E-state index in [4.69, 9.17) is 9.72 Å². The molecule has 2 heterocycles. The number of rotatable bonds is 3. The van der Waals surface area contributed by atoms with Gasteiger partial charge in [-0.1, -0.05) is 20.8 Å². The molecule has 0 radical (unpaired) electrons. The molecule has 1 N–H and O–H groups in total. The molecule has 4 heteroatoms. The van der Waals surface area contributed by atoms with Crippen molar-refractivity contribution in [1.82, 2.24) is 9.55 Å². The van der Waals surface area contributed by atoms with Crippen LogP contribution in [0, 0.1) is 0 Å². The first-order valence-electron chi connectivity index (χ1n) is 8.29. The van der Waals surface area contributed by atoms with E-state index in [-0.39, 0.29) is 5.41 Å². The van der Waals surface area contributed by atoms with Crippen LogP contribution in [-0.4, -0.2) is 29.3 Å². The van der Waals surface area contributed by atoms with Crippen molar-refractivity contribution >= 4 is 16.7 Å². The second-order valence-electron chi connectivity index (χ2n) is 7.24. The van der Waals surface area contributed by atoms with Gasteiger partial charge in [-0.2, -0.15) is 0 Å². The van der Waals surface area contributed by atoms with Crippen molar-refractivity contribution in [3.8, 4) is 0 Å². The van der Waals surface area contributed by atoms with Crippen LogP contribution in [0.5, 0.6) is 0 Å². The highest BCUT2D eigenvalue weighted by atomic mass is 16.5. The fourth-order valence-electron chi connectivity index (χ4n) is 3.20. The third kappa shape index (κ3) is 2.98. The zero-order chi connectivity index (χ0) is 15.7. The summed E-state index contributed by atoms with van der Waals surface area (Å²) in [5, 5.41) is 3.19. The molecule has 1 aliphatic rings. The molecule has 120 valence electrons. The number of nitrogens with one attached hydrogen (secondary N) is 1. The lowest BCUT2D eigenvalue weighted by atomic mass is 9.95. The van der Waals surface area contributed by atoms with E-state index < -0.39 is 0 Å². The summed E-state index contributed by atoms with van der Waals surface area (Å²) in [4.78, 5) is 4.93. The fraction of sp³-hybridized carbons (Fsp3) is 0.611. The van der Waals surface area contributed by atoms with Gasteiger partial charge in [-0.05, 0) is 37.5 Å². The minimum atomic E-state index is 0.0213. The van der Waals surface area contributed by atoms with Crippen LogP contribution in [0.3, 0.4) is 0 Å². The predicted octanol–water partition coefficient (Wildman–Crippen LogP) is 3.94. The fourth-order valence-corrected chi connectivity index (χ4v) is 3.20. The summed E-state index contributed by atoms with van der Waals surface area (Å²) in [6.45, 7) is 8.48. The van der Waals surface area contributed by atoms with Gasteiger partial charge in [0.15, 0.2) is 0 Å². The summed E-state index contributed by atoms with van der Waals surface area (Å²) in [5.41, 5.74) is 3.39. The Kier molecular flexibility index (Phi) is 4.13. The maximum atomic E-state index is 5.95. The van der Waals surface area contributed by atoms with Crippen molar-refractivity contribution in [1.29, 1.82) is 0 Å². The van der Waals surface area contributed by atoms with E-state index in [1.807, 2.05) is 7.05 Å². The second-order valence-corrected chi connectivity index (χ2v) is 7.24. The van der Waals surface area contributed by atoms with Crippen LogP contribution in [0.15, 0.2) is 18.2 Å². The maximum Gasteiger partial charge on any atom is 0.115 e. The molecule has 1 atom stereocenters. The molecular weight excluding hydrogens is 274 g/mol. The molecule has 0 amide bonds. The Hall–Kier alpha value is -1.55. The number of imidazole rings is 1. The number of hydrogen-bond acceptors (Lipinski definition) is 3. The van der Waals surface area contributed by atoms with Crippen LogP contribution in [0.25, 0.3) is 11.0 Å². The van der Waals surface area contributed by atoms with E-state index in [1.54, 1.807) is 0 Å². The quantitative estimate of drug-likeness (QED) is 0.933. The van der Waals surface area contributed by atoms with Gasteiger partial charge >= 0.3 is 0 Å². The summed E-state index contributed by atoms with van der Waals surface area (Å²) in [7, 11) is 1.94. The molecule has 1 aromatic heterocycles. The Bertz CT molecular complexity index is 648. The molecule has 1 aliphatic heterocycles. The number of fused-ring (bicyclic) bond motifs is 1. The van der Waals surface area contributed by atoms with E-state index in [2.05, 4.69) is 48.9 Å². The highest BCUT2D eigenvalue weighted by Gasteiger charge is 2.25. The van der Waals surface area contributed by atoms with Gasteiger partial charge in [0.2, 0.25) is 0 Å². The first-order chi connectivity index (χ1) is 10.5. The number of hydrogen-bond donors (Lipinski definition) is 1. The molecule has 1 saturated heterocycles. The zero-order valence-electron chi connectivity index (χ0n) is 14.1. The minimum Gasteiger partial charge on any atom is -0.388 e. The lowest BCUT2D eigenvalue weighted by Crippen LogP contribution is -2.28. The van der Waals surface area contributed by atoms with Crippen molar-refractivity contribution in [2.45, 2.75) is 58.1 Å². The Labute approximate surface area is 132 Å². The lowest BCUT2D eigenvalue weighted by Gasteiger charge is -2.26. The van der Waals surface area contributed by atoms with Gasteiger partial charge < -0.3 is 14.6 Å². The Morgan fingerprint density at radius 1 is 1.32 bits per heavy atom. The molecule has 0 saturated carbocycles. The summed E-state index contributed by atoms with van der Waals surface area (Å²) in [6.07, 6.45) is 3.93. The Morgan fingerprint density at radius 3 is 2.77 bits per heavy atom. The van der Waals surface area contributed by atoms with Crippen LogP contribution in [-0.2, 0) is 16.7 Å². The normalized spacial score (nSPS) is 19.5. The molecule has 4 nitrogen and oxygen atoms in total. The van der Waals surface area contributed by atoms with Crippen molar-refractivity contribution in [2.75, 3.05) is 19.0 Å². The number of anilines is 1. The molecule has 0 spiro atoms. The van der Waals surface area contributed by atoms with Crippen LogP contribution in [0.4, 0.5) is 5.69 Å². The monoisotopic (exact) mass is 301 g/mol. The van der Waals surface area contributed by atoms with Gasteiger partial charge in [0, 0.05) is 24.8 Å². The maximum absolute atomic E-state index is 5.95. The summed E-state index contributed by atoms with van der Waals surface area (Å²) in [6, 6.07) is 6.42. The summed E-state index contributed by atoms with van der Waals surface area (Å²) in [5.74, 6) is 1.14. The molecule has 1 aromatic carbocycles. The van der Waals surface area contributed by atoms with Crippen molar-refractivity contribution in [3.63, 3.8) is 0 Å². The van der Waals surface area contributed by atoms with E-state index in [1.165, 1.54) is 18.4 Å². The topological polar surface area (TPSA) is 39.1 Å². The van der Waals surface area contributed by atoms with Gasteiger partial charge in [-0.15, -0.1) is 0 Å². The van der Waals surface area contributed by atoms with Gasteiger partial charge in [-0.25, -0.2) is 4.98 Å². The molecule has 22 heavy (non-hydrogen) atoms. The Balaban J connectivity index is 2.04. The average Bonchev–Trinajstić information content (AvgIpc) is 2.86. The van der Waals surface area contributed by atoms with Crippen LogP contribution in [0.2, 0.25) is 0 Å². The number of aromatic nitrogens is 2. The van der Waals surface area contributed by atoms with Gasteiger partial charge in [-0.3, -0.25) is 0 Å². The predicted molar refractivity (Wildman–Crippen MR) is 91.6 cm³/mol. The van der Waals surface area contributed by atoms with E-state index in [9.17, 15) is 0 Å². The highest BCUT2D eigenvalue weighted by Crippen LogP contribution is 2.29. The second kappa shape index (κ2) is 5.92. The molecular formula is C18H27N3O. The highest BCUT2D eigenvalue weighted by molar-refractivity contribution is 5.80. The van der Waals surface area contributed by atoms with Crippen molar-refractivity contribution in [3.05, 3.63) is 24.0 Å². The van der Waals surface area contributed by atoms with Gasteiger partial charge in [0.05, 0.1) is 23.7 Å². The molecule has 0 aliphatic carbocycles. The number of benzene rings is 1. The van der Waals surface area contributed by atoms with E-state index >= 15 is 0 Å². The third-order valence-corrected chi connectivity index (χ3v) is 4.37. The zero-order valence-corrected chi connectivity index (χ0v) is 14.1. The molecule has 0 bridgehead atoms. The lowest BCUT2D eigenvalue weighted by molar-refractivity contribution is 0.00583. The number of nitrogens with zero attached hydrogens (tertiary/aromatic N) is 2. The standard InChI is InChI=1S/C18H27N3O/c1-18(2,3)17-20-15-11-13(19-4)8-9-16(15)21(17)12-14-7-5-6-10-22-14/h8-9,11,14,19H,5-7,10,12H2,1-4H3. The molecule has 3 rings (SSSR count). The third-order valence-electron chi connectivity index (χ3n) is 4.37. The van der Waals surface area contributed by atoms with E-state index in [0.717, 1.165) is 36.6 Å². The van der Waals surface area contributed by atoms with E-state index in [0.29, 0.717) is 6.10 Å². The largest absolute Gasteiger partial charge is 0.388 e.